The predicted molar refractivity (Wildman–Crippen MR) is 95.1 cm³/mol. The van der Waals surface area contributed by atoms with Crippen LogP contribution in [-0.2, 0) is 14.3 Å². The largest absolute Gasteiger partial charge is 0.461 e. The minimum atomic E-state index is -0.808. The first-order valence-electron chi connectivity index (χ1n) is 8.05. The monoisotopic (exact) mass is 366 g/mol. The number of hydrogen-bond donors (Lipinski definition) is 0. The number of carbonyl (C=O) groups is 2. The van der Waals surface area contributed by atoms with Gasteiger partial charge in [0.25, 0.3) is 5.56 Å². The van der Waals surface area contributed by atoms with E-state index >= 15 is 0 Å². The third kappa shape index (κ3) is 3.89. The normalized spacial score (nSPS) is 12.6. The summed E-state index contributed by atoms with van der Waals surface area (Å²) in [5.41, 5.74) is 0.137. The van der Waals surface area contributed by atoms with Gasteiger partial charge in [-0.05, 0) is 47.1 Å². The second kappa shape index (κ2) is 7.35. The van der Waals surface area contributed by atoms with Crippen molar-refractivity contribution in [3.63, 3.8) is 0 Å². The van der Waals surface area contributed by atoms with Gasteiger partial charge in [0.15, 0.2) is 0 Å². The first-order valence-corrected chi connectivity index (χ1v) is 8.86. The van der Waals surface area contributed by atoms with E-state index in [1.165, 1.54) is 10.9 Å². The van der Waals surface area contributed by atoms with Gasteiger partial charge in [-0.25, -0.2) is 14.6 Å². The number of fused-ring (bicyclic) bond motifs is 1. The van der Waals surface area contributed by atoms with Crippen LogP contribution in [0.3, 0.4) is 0 Å². The average molecular weight is 366 g/mol. The molecule has 25 heavy (non-hydrogen) atoms. The molecule has 0 aliphatic carbocycles. The summed E-state index contributed by atoms with van der Waals surface area (Å²) in [4.78, 5) is 42.1. The fourth-order valence-electron chi connectivity index (χ4n) is 2.32. The summed E-state index contributed by atoms with van der Waals surface area (Å²) >= 11 is 1.11. The summed E-state index contributed by atoms with van der Waals surface area (Å²) in [5, 5.41) is 0.326. The van der Waals surface area contributed by atoms with E-state index in [4.69, 9.17) is 9.47 Å². The lowest BCUT2D eigenvalue weighted by atomic mass is 10.2. The third-order valence-corrected chi connectivity index (χ3v) is 4.69. The maximum absolute atomic E-state index is 12.8. The van der Waals surface area contributed by atoms with Crippen LogP contribution in [0.25, 0.3) is 10.2 Å². The topological polar surface area (TPSA) is 87.5 Å². The van der Waals surface area contributed by atoms with Crippen molar-refractivity contribution in [1.82, 2.24) is 9.55 Å². The SMILES string of the molecule is Cc1c(C(=O)OC(C)C)sc2ncn([C@@H](C)C(=O)OC(C)C)c(=O)c12. The summed E-state index contributed by atoms with van der Waals surface area (Å²) < 4.78 is 11.6. The molecule has 0 aromatic carbocycles. The Morgan fingerprint density at radius 1 is 1.12 bits per heavy atom. The van der Waals surface area contributed by atoms with E-state index < -0.39 is 18.0 Å². The van der Waals surface area contributed by atoms with Gasteiger partial charge in [-0.2, -0.15) is 0 Å². The zero-order chi connectivity index (χ0) is 18.9. The number of ether oxygens (including phenoxy) is 2. The first-order chi connectivity index (χ1) is 11.6. The molecule has 2 rings (SSSR count). The Hall–Kier alpha value is -2.22. The number of hydrogen-bond acceptors (Lipinski definition) is 7. The molecular weight excluding hydrogens is 344 g/mol. The molecule has 0 saturated heterocycles. The highest BCUT2D eigenvalue weighted by atomic mass is 32.1. The predicted octanol–water partition coefficient (Wildman–Crippen LogP) is 2.84. The van der Waals surface area contributed by atoms with Crippen molar-refractivity contribution in [3.05, 3.63) is 27.1 Å². The van der Waals surface area contributed by atoms with E-state index in [0.29, 0.717) is 20.7 Å². The van der Waals surface area contributed by atoms with Crippen LogP contribution in [0, 0.1) is 6.92 Å². The number of esters is 2. The molecular formula is C17H22N2O5S. The Labute approximate surface area is 149 Å². The lowest BCUT2D eigenvalue weighted by molar-refractivity contribution is -0.151. The van der Waals surface area contributed by atoms with Gasteiger partial charge in [-0.15, -0.1) is 11.3 Å². The standard InChI is InChI=1S/C17H22N2O5S/c1-8(2)23-16(21)11(6)19-7-18-14-12(15(19)20)10(5)13(25-14)17(22)24-9(3)4/h7-9,11H,1-6H3/t11-/m0/s1. The Balaban J connectivity index is 2.49. The van der Waals surface area contributed by atoms with E-state index in [2.05, 4.69) is 4.98 Å². The zero-order valence-electron chi connectivity index (χ0n) is 15.2. The molecule has 0 fully saturated rings. The van der Waals surface area contributed by atoms with Crippen molar-refractivity contribution >= 4 is 33.5 Å². The first kappa shape index (κ1) is 19.1. The highest BCUT2D eigenvalue weighted by molar-refractivity contribution is 7.20. The van der Waals surface area contributed by atoms with Crippen LogP contribution in [-0.4, -0.2) is 33.7 Å². The molecule has 0 unspecified atom stereocenters. The molecule has 8 heteroatoms. The fourth-order valence-corrected chi connectivity index (χ4v) is 3.34. The Bertz CT molecular complexity index is 866. The second-order valence-electron chi connectivity index (χ2n) is 6.31. The average Bonchev–Trinajstić information content (AvgIpc) is 2.83. The molecule has 0 N–H and O–H groups in total. The van der Waals surface area contributed by atoms with E-state index in [9.17, 15) is 14.4 Å². The van der Waals surface area contributed by atoms with Gasteiger partial charge >= 0.3 is 11.9 Å². The number of rotatable bonds is 5. The van der Waals surface area contributed by atoms with Crippen molar-refractivity contribution in [2.24, 2.45) is 0 Å². The number of thiophene rings is 1. The van der Waals surface area contributed by atoms with Crippen molar-refractivity contribution in [2.45, 2.75) is 59.8 Å². The Kier molecular flexibility index (Phi) is 5.62. The molecule has 0 amide bonds. The number of aryl methyl sites for hydroxylation is 1. The van der Waals surface area contributed by atoms with Gasteiger partial charge in [0.1, 0.15) is 15.7 Å². The van der Waals surface area contributed by atoms with Crippen molar-refractivity contribution < 1.29 is 19.1 Å². The van der Waals surface area contributed by atoms with E-state index in [-0.39, 0.29) is 17.8 Å². The molecule has 0 saturated carbocycles. The zero-order valence-corrected chi connectivity index (χ0v) is 16.0. The maximum Gasteiger partial charge on any atom is 0.348 e. The van der Waals surface area contributed by atoms with E-state index in [1.807, 2.05) is 0 Å². The molecule has 2 heterocycles. The summed E-state index contributed by atoms with van der Waals surface area (Å²) in [6, 6.07) is -0.808. The Morgan fingerprint density at radius 2 is 1.72 bits per heavy atom. The Morgan fingerprint density at radius 3 is 2.28 bits per heavy atom. The quantitative estimate of drug-likeness (QED) is 0.756. The summed E-state index contributed by atoms with van der Waals surface area (Å²) in [7, 11) is 0. The van der Waals surface area contributed by atoms with Crippen molar-refractivity contribution in [2.75, 3.05) is 0 Å². The molecule has 0 spiro atoms. The lowest BCUT2D eigenvalue weighted by Gasteiger charge is -2.15. The second-order valence-corrected chi connectivity index (χ2v) is 7.31. The van der Waals surface area contributed by atoms with Gasteiger partial charge in [-0.3, -0.25) is 9.36 Å². The summed E-state index contributed by atoms with van der Waals surface area (Å²) in [5.74, 6) is -0.987. The van der Waals surface area contributed by atoms with Crippen LogP contribution in [0.4, 0.5) is 0 Å². The number of aromatic nitrogens is 2. The van der Waals surface area contributed by atoms with Crippen LogP contribution < -0.4 is 5.56 Å². The van der Waals surface area contributed by atoms with Crippen LogP contribution >= 0.6 is 11.3 Å². The van der Waals surface area contributed by atoms with E-state index in [0.717, 1.165) is 11.3 Å². The minimum absolute atomic E-state index is 0.257. The van der Waals surface area contributed by atoms with Crippen LogP contribution in [0.5, 0.6) is 0 Å². The fraction of sp³-hybridized carbons (Fsp3) is 0.529. The number of carbonyl (C=O) groups excluding carboxylic acids is 2. The molecule has 2 aromatic heterocycles. The van der Waals surface area contributed by atoms with Crippen LogP contribution in [0.2, 0.25) is 0 Å². The van der Waals surface area contributed by atoms with Gasteiger partial charge in [0.2, 0.25) is 0 Å². The number of nitrogens with zero attached hydrogens (tertiary/aromatic N) is 2. The molecule has 7 nitrogen and oxygen atoms in total. The lowest BCUT2D eigenvalue weighted by Crippen LogP contribution is -2.30. The van der Waals surface area contributed by atoms with Crippen molar-refractivity contribution in [1.29, 1.82) is 0 Å². The van der Waals surface area contributed by atoms with Gasteiger partial charge in [0, 0.05) is 0 Å². The van der Waals surface area contributed by atoms with Gasteiger partial charge in [-0.1, -0.05) is 0 Å². The third-order valence-electron chi connectivity index (χ3n) is 3.51. The smallest absolute Gasteiger partial charge is 0.348 e. The molecule has 0 aliphatic heterocycles. The van der Waals surface area contributed by atoms with Crippen molar-refractivity contribution in [3.8, 4) is 0 Å². The highest BCUT2D eigenvalue weighted by Crippen LogP contribution is 2.28. The maximum atomic E-state index is 12.8. The molecule has 1 atom stereocenters. The highest BCUT2D eigenvalue weighted by Gasteiger charge is 2.24. The molecule has 0 bridgehead atoms. The van der Waals surface area contributed by atoms with E-state index in [1.54, 1.807) is 41.5 Å². The molecule has 2 aromatic rings. The molecule has 0 aliphatic rings. The van der Waals surface area contributed by atoms with Gasteiger partial charge < -0.3 is 9.47 Å². The molecule has 0 radical (unpaired) electrons. The summed E-state index contributed by atoms with van der Waals surface area (Å²) in [6.45, 7) is 10.3. The van der Waals surface area contributed by atoms with Crippen LogP contribution in [0.15, 0.2) is 11.1 Å². The van der Waals surface area contributed by atoms with Crippen LogP contribution in [0.1, 0.15) is 55.9 Å². The van der Waals surface area contributed by atoms with Gasteiger partial charge in [0.05, 0.1) is 23.9 Å². The minimum Gasteiger partial charge on any atom is -0.461 e. The molecule has 136 valence electrons. The summed E-state index contributed by atoms with van der Waals surface area (Å²) in [6.07, 6.45) is 0.778.